The highest BCUT2D eigenvalue weighted by atomic mass is 79.9. The van der Waals surface area contributed by atoms with Crippen molar-refractivity contribution in [1.82, 2.24) is 10.2 Å². The average molecular weight is 655 g/mol. The molecule has 3 aromatic carbocycles. The number of sulfonamides is 1. The minimum absolute atomic E-state index is 0.0243. The van der Waals surface area contributed by atoms with Gasteiger partial charge in [0.05, 0.1) is 10.6 Å². The van der Waals surface area contributed by atoms with E-state index >= 15 is 0 Å². The maximum absolute atomic E-state index is 13.9. The number of rotatable bonds is 11. The molecular weight excluding hydrogens is 625 g/mol. The number of anilines is 1. The molecule has 7 nitrogen and oxygen atoms in total. The van der Waals surface area contributed by atoms with Crippen molar-refractivity contribution >= 4 is 66.7 Å². The van der Waals surface area contributed by atoms with Gasteiger partial charge in [0.1, 0.15) is 12.6 Å². The third-order valence-electron chi connectivity index (χ3n) is 6.25. The smallest absolute Gasteiger partial charge is 0.264 e. The molecule has 0 aliphatic carbocycles. The van der Waals surface area contributed by atoms with Crippen LogP contribution in [-0.4, -0.2) is 43.8 Å². The molecule has 3 aromatic rings. The summed E-state index contributed by atoms with van der Waals surface area (Å²) in [4.78, 5) is 28.4. The van der Waals surface area contributed by atoms with Crippen LogP contribution in [0.1, 0.15) is 32.8 Å². The quantitative estimate of drug-likeness (QED) is 0.264. The molecule has 0 unspecified atom stereocenters. The lowest BCUT2D eigenvalue weighted by molar-refractivity contribution is -0.139. The fourth-order valence-corrected chi connectivity index (χ4v) is 5.91. The Hall–Kier alpha value is -2.59. The Morgan fingerprint density at radius 2 is 1.62 bits per heavy atom. The van der Waals surface area contributed by atoms with E-state index in [1.165, 1.54) is 17.0 Å². The van der Waals surface area contributed by atoms with Crippen LogP contribution < -0.4 is 9.62 Å². The number of hydrogen-bond acceptors (Lipinski definition) is 4. The predicted octanol–water partition coefficient (Wildman–Crippen LogP) is 6.28. The Morgan fingerprint density at radius 1 is 0.974 bits per heavy atom. The Morgan fingerprint density at radius 3 is 2.21 bits per heavy atom. The first-order chi connectivity index (χ1) is 18.4. The van der Waals surface area contributed by atoms with Gasteiger partial charge in [-0.2, -0.15) is 0 Å². The van der Waals surface area contributed by atoms with Crippen LogP contribution in [-0.2, 0) is 26.2 Å². The van der Waals surface area contributed by atoms with Gasteiger partial charge in [0.25, 0.3) is 10.0 Å². The second-order valence-corrected chi connectivity index (χ2v) is 12.7. The van der Waals surface area contributed by atoms with Gasteiger partial charge in [0, 0.05) is 27.1 Å². The number of benzene rings is 3. The lowest BCUT2D eigenvalue weighted by Crippen LogP contribution is -2.52. The van der Waals surface area contributed by atoms with Crippen LogP contribution in [0.5, 0.6) is 0 Å². The SMILES string of the molecule is CC[C@H](C)NC(=O)[C@H](C)N(Cc1ccc(Cl)cc1Cl)C(=O)CN(c1ccc(Br)cc1)S(=O)(=O)c1ccccc1. The first-order valence-corrected chi connectivity index (χ1v) is 15.3. The van der Waals surface area contributed by atoms with Crippen LogP contribution in [0.2, 0.25) is 10.0 Å². The normalized spacial score (nSPS) is 12.9. The monoisotopic (exact) mass is 653 g/mol. The Labute approximate surface area is 248 Å². The van der Waals surface area contributed by atoms with Gasteiger partial charge in [-0.25, -0.2) is 8.42 Å². The molecule has 208 valence electrons. The summed E-state index contributed by atoms with van der Waals surface area (Å²) in [5, 5.41) is 3.66. The standard InChI is InChI=1S/C28H30BrCl2N3O4S/c1-4-19(2)32-28(36)20(3)33(17-21-10-13-23(30)16-26(21)31)27(35)18-34(24-14-11-22(29)12-15-24)39(37,38)25-8-6-5-7-9-25/h5-16,19-20H,4,17-18H2,1-3H3,(H,32,36)/t19-,20-/m0/s1. The van der Waals surface area contributed by atoms with Crippen molar-refractivity contribution in [2.75, 3.05) is 10.8 Å². The summed E-state index contributed by atoms with van der Waals surface area (Å²) in [5.74, 6) is -0.931. The van der Waals surface area contributed by atoms with Crippen molar-refractivity contribution in [3.05, 3.63) is 92.9 Å². The Kier molecular flexibility index (Phi) is 10.8. The summed E-state index contributed by atoms with van der Waals surface area (Å²) in [6, 6.07) is 18.4. The molecule has 0 aromatic heterocycles. The van der Waals surface area contributed by atoms with Gasteiger partial charge >= 0.3 is 0 Å². The lowest BCUT2D eigenvalue weighted by Gasteiger charge is -2.32. The molecule has 0 aliphatic heterocycles. The van der Waals surface area contributed by atoms with Gasteiger partial charge in [0.2, 0.25) is 11.8 Å². The van der Waals surface area contributed by atoms with E-state index < -0.39 is 28.5 Å². The molecular formula is C28H30BrCl2N3O4S. The highest BCUT2D eigenvalue weighted by Gasteiger charge is 2.33. The van der Waals surface area contributed by atoms with Crippen molar-refractivity contribution < 1.29 is 18.0 Å². The van der Waals surface area contributed by atoms with Gasteiger partial charge < -0.3 is 10.2 Å². The summed E-state index contributed by atoms with van der Waals surface area (Å²) in [5.41, 5.74) is 0.871. The van der Waals surface area contributed by atoms with Gasteiger partial charge in [-0.3, -0.25) is 13.9 Å². The number of halogens is 3. The number of nitrogens with zero attached hydrogens (tertiary/aromatic N) is 2. The average Bonchev–Trinajstić information content (AvgIpc) is 2.91. The fraction of sp³-hybridized carbons (Fsp3) is 0.286. The largest absolute Gasteiger partial charge is 0.352 e. The van der Waals surface area contributed by atoms with E-state index in [0.717, 1.165) is 8.78 Å². The van der Waals surface area contributed by atoms with Gasteiger partial charge in [0.15, 0.2) is 0 Å². The second kappa shape index (κ2) is 13.7. The fourth-order valence-electron chi connectivity index (χ4n) is 3.74. The highest BCUT2D eigenvalue weighted by molar-refractivity contribution is 9.10. The van der Waals surface area contributed by atoms with Crippen molar-refractivity contribution in [2.24, 2.45) is 0 Å². The van der Waals surface area contributed by atoms with E-state index in [0.29, 0.717) is 27.7 Å². The number of hydrogen-bond donors (Lipinski definition) is 1. The maximum atomic E-state index is 13.9. The van der Waals surface area contributed by atoms with Crippen LogP contribution >= 0.6 is 39.1 Å². The summed E-state index contributed by atoms with van der Waals surface area (Å²) >= 11 is 15.8. The molecule has 3 rings (SSSR count). The summed E-state index contributed by atoms with van der Waals surface area (Å²) < 4.78 is 29.3. The molecule has 0 heterocycles. The zero-order valence-electron chi connectivity index (χ0n) is 21.8. The maximum Gasteiger partial charge on any atom is 0.264 e. The van der Waals surface area contributed by atoms with E-state index in [-0.39, 0.29) is 23.4 Å². The van der Waals surface area contributed by atoms with E-state index in [4.69, 9.17) is 23.2 Å². The Bertz CT molecular complexity index is 1410. The first kappa shape index (κ1) is 30.9. The summed E-state index contributed by atoms with van der Waals surface area (Å²) in [6.07, 6.45) is 0.710. The van der Waals surface area contributed by atoms with Gasteiger partial charge in [-0.05, 0) is 74.4 Å². The van der Waals surface area contributed by atoms with E-state index in [9.17, 15) is 18.0 Å². The molecule has 0 aliphatic rings. The number of amides is 2. The van der Waals surface area contributed by atoms with E-state index in [1.807, 2.05) is 13.8 Å². The molecule has 2 atom stereocenters. The zero-order valence-corrected chi connectivity index (χ0v) is 25.7. The molecule has 0 fully saturated rings. The van der Waals surface area contributed by atoms with Crippen LogP contribution in [0.15, 0.2) is 82.2 Å². The first-order valence-electron chi connectivity index (χ1n) is 12.3. The highest BCUT2D eigenvalue weighted by Crippen LogP contribution is 2.27. The van der Waals surface area contributed by atoms with Crippen LogP contribution in [0.4, 0.5) is 5.69 Å². The Balaban J connectivity index is 2.03. The van der Waals surface area contributed by atoms with E-state index in [2.05, 4.69) is 21.2 Å². The second-order valence-electron chi connectivity index (χ2n) is 9.05. The molecule has 0 bridgehead atoms. The van der Waals surface area contributed by atoms with Crippen molar-refractivity contribution in [1.29, 1.82) is 0 Å². The third-order valence-corrected chi connectivity index (χ3v) is 9.15. The summed E-state index contributed by atoms with van der Waals surface area (Å²) in [7, 11) is -4.12. The minimum atomic E-state index is -4.12. The van der Waals surface area contributed by atoms with Crippen LogP contribution in [0.3, 0.4) is 0 Å². The van der Waals surface area contributed by atoms with Crippen LogP contribution in [0.25, 0.3) is 0 Å². The molecule has 0 saturated carbocycles. The number of carbonyl (C=O) groups excluding carboxylic acids is 2. The number of nitrogens with one attached hydrogen (secondary N) is 1. The van der Waals surface area contributed by atoms with E-state index in [1.54, 1.807) is 67.6 Å². The zero-order chi connectivity index (χ0) is 28.7. The van der Waals surface area contributed by atoms with Gasteiger partial charge in [-0.15, -0.1) is 0 Å². The van der Waals surface area contributed by atoms with Crippen molar-refractivity contribution in [3.8, 4) is 0 Å². The molecule has 0 saturated heterocycles. The lowest BCUT2D eigenvalue weighted by atomic mass is 10.1. The van der Waals surface area contributed by atoms with Crippen LogP contribution in [0, 0.1) is 0 Å². The minimum Gasteiger partial charge on any atom is -0.352 e. The molecule has 1 N–H and O–H groups in total. The molecule has 2 amide bonds. The predicted molar refractivity (Wildman–Crippen MR) is 159 cm³/mol. The topological polar surface area (TPSA) is 86.8 Å². The molecule has 11 heteroatoms. The molecule has 0 radical (unpaired) electrons. The van der Waals surface area contributed by atoms with Crippen molar-refractivity contribution in [3.63, 3.8) is 0 Å². The third kappa shape index (κ3) is 7.97. The molecule has 0 spiro atoms. The number of carbonyl (C=O) groups is 2. The van der Waals surface area contributed by atoms with Gasteiger partial charge in [-0.1, -0.05) is 70.3 Å². The molecule has 39 heavy (non-hydrogen) atoms. The summed E-state index contributed by atoms with van der Waals surface area (Å²) in [6.45, 7) is 4.86. The van der Waals surface area contributed by atoms with Crippen molar-refractivity contribution in [2.45, 2.75) is 50.7 Å².